The molecule has 8 nitrogen and oxygen atoms in total. The van der Waals surface area contributed by atoms with E-state index in [0.29, 0.717) is 30.1 Å². The first-order valence-electron chi connectivity index (χ1n) is 14.6. The van der Waals surface area contributed by atoms with Crippen molar-refractivity contribution < 1.29 is 26.5 Å². The van der Waals surface area contributed by atoms with Crippen LogP contribution in [0.4, 0.5) is 24.5 Å². The number of alkyl halides is 3. The fourth-order valence-corrected chi connectivity index (χ4v) is 18.7. The standard InChI is InChI=1S/C33H26F3N4O4PS/c34-33(35,36)25-11-15-27(16-12-25)45(22-30(45)37-19-2-1-3-20-37)38-21-5-7-24-10-9-23-6-4-8-29(31(23)32(24)38)40(45)46(43,44)28-17-13-26(14-18-28)39(41)42/h1-9,11-19,21,30H,10,20,22H2. The Hall–Kier alpha value is -4.67. The van der Waals surface area contributed by atoms with Crippen molar-refractivity contribution in [2.75, 3.05) is 16.8 Å². The molecule has 0 aromatic heterocycles. The number of rotatable bonds is 5. The molecule has 0 radical (unpaired) electrons. The number of halogens is 3. The quantitative estimate of drug-likeness (QED) is 0.209. The first kappa shape index (κ1) is 28.8. The van der Waals surface area contributed by atoms with E-state index in [9.17, 15) is 23.3 Å². The molecule has 0 bridgehead atoms. The maximum atomic E-state index is 15.3. The summed E-state index contributed by atoms with van der Waals surface area (Å²) in [6.07, 6.45) is 11.8. The summed E-state index contributed by atoms with van der Waals surface area (Å²) in [6, 6.07) is 15.2. The zero-order valence-corrected chi connectivity index (χ0v) is 25.8. The van der Waals surface area contributed by atoms with Crippen molar-refractivity contribution in [3.05, 3.63) is 141 Å². The van der Waals surface area contributed by atoms with Gasteiger partial charge in [0.2, 0.25) is 0 Å². The number of anilines is 1. The van der Waals surface area contributed by atoms with Crippen molar-refractivity contribution in [1.82, 2.24) is 9.57 Å². The van der Waals surface area contributed by atoms with Gasteiger partial charge < -0.3 is 0 Å². The van der Waals surface area contributed by atoms with Gasteiger partial charge in [-0.2, -0.15) is 0 Å². The van der Waals surface area contributed by atoms with Gasteiger partial charge in [-0.25, -0.2) is 0 Å². The molecule has 1 atom stereocenters. The second-order valence-corrected chi connectivity index (χ2v) is 18.7. The number of sulfonamides is 1. The number of allylic oxidation sites excluding steroid dienone is 4. The molecule has 4 aliphatic heterocycles. The number of fused-ring (bicyclic) bond motifs is 1. The molecule has 4 heterocycles. The van der Waals surface area contributed by atoms with Gasteiger partial charge in [-0.3, -0.25) is 0 Å². The van der Waals surface area contributed by atoms with E-state index >= 15 is 8.42 Å². The van der Waals surface area contributed by atoms with Gasteiger partial charge in [0.25, 0.3) is 0 Å². The van der Waals surface area contributed by atoms with Crippen LogP contribution in [0.2, 0.25) is 0 Å². The Balaban J connectivity index is 1.50. The van der Waals surface area contributed by atoms with Crippen LogP contribution < -0.4 is 19.8 Å². The topological polar surface area (TPSA) is 87.0 Å². The minimum atomic E-state index is -4.58. The summed E-state index contributed by atoms with van der Waals surface area (Å²) in [5, 5.41) is 13.5. The predicted octanol–water partition coefficient (Wildman–Crippen LogP) is 5.30. The van der Waals surface area contributed by atoms with E-state index in [0.717, 1.165) is 46.0 Å². The molecule has 46 heavy (non-hydrogen) atoms. The zero-order valence-electron chi connectivity index (χ0n) is 24.1. The second kappa shape index (κ2) is 9.43. The monoisotopic (exact) mass is 662 g/mol. The van der Waals surface area contributed by atoms with Gasteiger partial charge in [-0.05, 0) is 0 Å². The molecule has 13 heteroatoms. The number of nitrogens with zero attached hydrogens (tertiary/aromatic N) is 4. The molecular formula is C33H26F3N4O4PS. The van der Waals surface area contributed by atoms with E-state index in [4.69, 9.17) is 0 Å². The van der Waals surface area contributed by atoms with E-state index in [1.54, 1.807) is 12.1 Å². The van der Waals surface area contributed by atoms with E-state index in [2.05, 4.69) is 9.57 Å². The summed E-state index contributed by atoms with van der Waals surface area (Å²) in [7, 11) is -4.48. The second-order valence-electron chi connectivity index (χ2n) is 11.8. The van der Waals surface area contributed by atoms with E-state index in [-0.39, 0.29) is 10.6 Å². The third kappa shape index (κ3) is 3.62. The van der Waals surface area contributed by atoms with E-state index in [1.165, 1.54) is 28.3 Å². The predicted molar refractivity (Wildman–Crippen MR) is 172 cm³/mol. The minimum absolute atomic E-state index is 0.147. The fourth-order valence-electron chi connectivity index (χ4n) is 7.56. The first-order valence-corrected chi connectivity index (χ1v) is 18.4. The van der Waals surface area contributed by atoms with Crippen LogP contribution >= 0.6 is 6.90 Å². The van der Waals surface area contributed by atoms with Gasteiger partial charge in [0.1, 0.15) is 0 Å². The fraction of sp³-hybridized carbons (Fsp3) is 0.152. The Kier molecular flexibility index (Phi) is 5.90. The van der Waals surface area contributed by atoms with Crippen LogP contribution in [-0.4, -0.2) is 41.4 Å². The molecule has 0 amide bonds. The maximum absolute atomic E-state index is 15.3. The van der Waals surface area contributed by atoms with Gasteiger partial charge in [0.15, 0.2) is 0 Å². The molecule has 5 aliphatic rings. The average Bonchev–Trinajstić information content (AvgIpc) is 3.75. The zero-order chi connectivity index (χ0) is 32.1. The molecule has 1 saturated heterocycles. The number of nitro groups is 1. The third-order valence-corrected chi connectivity index (χ3v) is 18.9. The molecule has 1 fully saturated rings. The summed E-state index contributed by atoms with van der Waals surface area (Å²) < 4.78 is 75.8. The van der Waals surface area contributed by atoms with Crippen molar-refractivity contribution in [3.63, 3.8) is 0 Å². The van der Waals surface area contributed by atoms with Crippen LogP contribution in [0.25, 0.3) is 11.8 Å². The first-order chi connectivity index (χ1) is 22.0. The van der Waals surface area contributed by atoms with Gasteiger partial charge >= 0.3 is 263 Å². The van der Waals surface area contributed by atoms with Crippen molar-refractivity contribution in [2.45, 2.75) is 23.3 Å². The van der Waals surface area contributed by atoms with Crippen LogP contribution in [0.5, 0.6) is 0 Å². The van der Waals surface area contributed by atoms with Crippen molar-refractivity contribution >= 4 is 45.4 Å². The number of non-ortho nitro benzene ring substituents is 1. The number of hydrogen-bond donors (Lipinski definition) is 0. The van der Waals surface area contributed by atoms with Crippen molar-refractivity contribution in [3.8, 4) is 0 Å². The molecule has 1 unspecified atom stereocenters. The number of nitro benzene ring substituents is 1. The molecular weight excluding hydrogens is 636 g/mol. The van der Waals surface area contributed by atoms with Crippen LogP contribution in [0.15, 0.2) is 120 Å². The number of hydrogen-bond acceptors (Lipinski definition) is 6. The van der Waals surface area contributed by atoms with E-state index < -0.39 is 39.4 Å². The molecule has 3 aromatic carbocycles. The molecule has 234 valence electrons. The number of benzene rings is 3. The van der Waals surface area contributed by atoms with Crippen LogP contribution in [0.3, 0.4) is 0 Å². The van der Waals surface area contributed by atoms with Gasteiger partial charge in [0, 0.05) is 0 Å². The molecule has 0 N–H and O–H groups in total. The summed E-state index contributed by atoms with van der Waals surface area (Å²) >= 11 is 0. The summed E-state index contributed by atoms with van der Waals surface area (Å²) in [5.41, 5.74) is 1.21. The van der Waals surface area contributed by atoms with Crippen molar-refractivity contribution in [1.29, 1.82) is 0 Å². The van der Waals surface area contributed by atoms with E-state index in [1.807, 2.05) is 54.9 Å². The third-order valence-electron chi connectivity index (χ3n) is 9.57. The summed E-state index contributed by atoms with van der Waals surface area (Å²) in [5.74, 6) is -0.420. The Morgan fingerprint density at radius 3 is 2.37 bits per heavy atom. The molecule has 0 saturated carbocycles. The van der Waals surface area contributed by atoms with Crippen LogP contribution in [0, 0.1) is 10.1 Å². The van der Waals surface area contributed by atoms with Gasteiger partial charge in [0.05, 0.1) is 0 Å². The Bertz CT molecular complexity index is 2220. The Labute approximate surface area is 262 Å². The Morgan fingerprint density at radius 1 is 0.935 bits per heavy atom. The van der Waals surface area contributed by atoms with Gasteiger partial charge in [-0.15, -0.1) is 0 Å². The molecule has 3 aromatic rings. The summed E-state index contributed by atoms with van der Waals surface area (Å²) in [6.45, 7) is -3.81. The van der Waals surface area contributed by atoms with Gasteiger partial charge in [-0.1, -0.05) is 0 Å². The average molecular weight is 663 g/mol. The van der Waals surface area contributed by atoms with Crippen LogP contribution in [0.1, 0.15) is 12.0 Å². The molecule has 1 aliphatic carbocycles. The SMILES string of the molecule is O=[N+]([O-])c1ccc(S(=O)(=O)N2c3cccc4c3=C3C(=CC=CN3P23(c2ccc(C(F)(F)F)cc2)CC3N2C=CC=CC2)CC=4)cc1. The van der Waals surface area contributed by atoms with Crippen molar-refractivity contribution in [2.24, 2.45) is 0 Å². The normalized spacial score (nSPS) is 22.5. The summed E-state index contributed by atoms with van der Waals surface area (Å²) in [4.78, 5) is 12.8. The molecule has 8 rings (SSSR count). The Morgan fingerprint density at radius 2 is 1.70 bits per heavy atom. The molecule has 1 spiro atoms. The van der Waals surface area contributed by atoms with Crippen LogP contribution in [-0.2, 0) is 16.2 Å².